The predicted octanol–water partition coefficient (Wildman–Crippen LogP) is 3.34. The Kier molecular flexibility index (Phi) is 4.07. The van der Waals surface area contributed by atoms with Crippen molar-refractivity contribution < 1.29 is 13.6 Å². The van der Waals surface area contributed by atoms with E-state index in [1.807, 2.05) is 0 Å². The molecule has 2 unspecified atom stereocenters. The predicted molar refractivity (Wildman–Crippen MR) is 77.0 cm³/mol. The summed E-state index contributed by atoms with van der Waals surface area (Å²) in [4.78, 5) is 14.9. The zero-order valence-corrected chi connectivity index (χ0v) is 12.3. The van der Waals surface area contributed by atoms with Crippen LogP contribution in [0, 0.1) is 17.6 Å². The van der Waals surface area contributed by atoms with Crippen LogP contribution < -0.4 is 0 Å². The number of piperidine rings is 2. The number of benzene rings is 1. The van der Waals surface area contributed by atoms with Gasteiger partial charge in [0.1, 0.15) is 17.4 Å². The number of rotatable bonds is 3. The van der Waals surface area contributed by atoms with Crippen molar-refractivity contribution in [3.63, 3.8) is 0 Å². The number of nitrogens with zero attached hydrogens (tertiary/aromatic N) is 1. The van der Waals surface area contributed by atoms with Crippen LogP contribution in [0.25, 0.3) is 0 Å². The number of fused-ring (bicyclic) bond motifs is 2. The average molecular weight is 293 g/mol. The fourth-order valence-corrected chi connectivity index (χ4v) is 3.94. The van der Waals surface area contributed by atoms with Crippen molar-refractivity contribution in [2.75, 3.05) is 7.05 Å². The number of carbonyl (C=O) groups is 1. The summed E-state index contributed by atoms with van der Waals surface area (Å²) in [5, 5.41) is 0. The molecule has 0 radical (unpaired) electrons. The Balaban J connectivity index is 1.68. The molecule has 2 atom stereocenters. The second-order valence-electron chi connectivity index (χ2n) is 6.49. The van der Waals surface area contributed by atoms with Gasteiger partial charge in [0.2, 0.25) is 0 Å². The van der Waals surface area contributed by atoms with Gasteiger partial charge in [0, 0.05) is 30.5 Å². The summed E-state index contributed by atoms with van der Waals surface area (Å²) in [6, 6.07) is 4.35. The first-order valence-corrected chi connectivity index (χ1v) is 7.72. The van der Waals surface area contributed by atoms with Gasteiger partial charge in [-0.2, -0.15) is 0 Å². The van der Waals surface area contributed by atoms with Crippen LogP contribution in [0.5, 0.6) is 0 Å². The zero-order valence-electron chi connectivity index (χ0n) is 12.3. The highest BCUT2D eigenvalue weighted by Crippen LogP contribution is 2.36. The first-order chi connectivity index (χ1) is 10.0. The van der Waals surface area contributed by atoms with Crippen LogP contribution in [-0.2, 0) is 11.2 Å². The fourth-order valence-electron chi connectivity index (χ4n) is 3.94. The molecule has 2 bridgehead atoms. The number of halogens is 2. The second kappa shape index (κ2) is 5.84. The van der Waals surface area contributed by atoms with Crippen LogP contribution >= 0.6 is 0 Å². The summed E-state index contributed by atoms with van der Waals surface area (Å²) in [5.41, 5.74) is 0.446. The molecule has 1 aromatic carbocycles. The topological polar surface area (TPSA) is 20.3 Å². The van der Waals surface area contributed by atoms with E-state index >= 15 is 0 Å². The highest BCUT2D eigenvalue weighted by Gasteiger charge is 2.38. The molecule has 2 aliphatic heterocycles. The minimum absolute atomic E-state index is 0.0443. The Bertz CT molecular complexity index is 511. The lowest BCUT2D eigenvalue weighted by atomic mass is 9.76. The van der Waals surface area contributed by atoms with E-state index in [9.17, 15) is 13.6 Å². The quantitative estimate of drug-likeness (QED) is 0.852. The van der Waals surface area contributed by atoms with Crippen LogP contribution in [-0.4, -0.2) is 29.8 Å². The number of Topliss-reactive ketones (excluding diaryl/α,β-unsaturated/α-hetero) is 1. The Morgan fingerprint density at radius 3 is 2.29 bits per heavy atom. The smallest absolute Gasteiger partial charge is 0.140 e. The van der Waals surface area contributed by atoms with E-state index in [0.717, 1.165) is 31.7 Å². The lowest BCUT2D eigenvalue weighted by Crippen LogP contribution is -2.51. The van der Waals surface area contributed by atoms with Crippen molar-refractivity contribution in [3.8, 4) is 0 Å². The van der Waals surface area contributed by atoms with E-state index in [1.54, 1.807) is 0 Å². The number of hydrogen-bond donors (Lipinski definition) is 0. The fraction of sp³-hybridized carbons (Fsp3) is 0.588. The van der Waals surface area contributed by atoms with Crippen molar-refractivity contribution in [2.24, 2.45) is 5.92 Å². The molecule has 114 valence electrons. The molecule has 0 N–H and O–H groups in total. The largest absolute Gasteiger partial charge is 0.300 e. The van der Waals surface area contributed by atoms with Gasteiger partial charge in [-0.15, -0.1) is 0 Å². The normalized spacial score (nSPS) is 29.4. The third kappa shape index (κ3) is 3.15. The van der Waals surface area contributed by atoms with Crippen molar-refractivity contribution in [3.05, 3.63) is 35.4 Å². The molecule has 21 heavy (non-hydrogen) atoms. The maximum Gasteiger partial charge on any atom is 0.140 e. The molecular formula is C17H21F2NO. The summed E-state index contributed by atoms with van der Waals surface area (Å²) >= 11 is 0. The maximum absolute atomic E-state index is 13.2. The summed E-state index contributed by atoms with van der Waals surface area (Å²) in [6.45, 7) is 0. The van der Waals surface area contributed by atoms with Crippen LogP contribution in [0.1, 0.15) is 37.7 Å². The van der Waals surface area contributed by atoms with Gasteiger partial charge >= 0.3 is 0 Å². The zero-order chi connectivity index (χ0) is 15.0. The van der Waals surface area contributed by atoms with Crippen LogP contribution in [0.4, 0.5) is 8.78 Å². The first kappa shape index (κ1) is 14.6. The Morgan fingerprint density at radius 1 is 1.14 bits per heavy atom. The highest BCUT2D eigenvalue weighted by atomic mass is 19.1. The molecule has 3 rings (SSSR count). The van der Waals surface area contributed by atoms with Crippen LogP contribution in [0.2, 0.25) is 0 Å². The van der Waals surface area contributed by atoms with E-state index in [4.69, 9.17) is 0 Å². The standard InChI is InChI=1S/C17H21F2NO/c1-20-15-3-2-4-16(20)9-12(8-15)17(21)7-11-5-13(18)10-14(19)6-11/h5-6,10,12,15-16H,2-4,7-9H2,1H3. The van der Waals surface area contributed by atoms with Gasteiger partial charge in [-0.3, -0.25) is 4.79 Å². The number of hydrogen-bond acceptors (Lipinski definition) is 2. The first-order valence-electron chi connectivity index (χ1n) is 7.72. The Labute approximate surface area is 124 Å². The monoisotopic (exact) mass is 293 g/mol. The summed E-state index contributed by atoms with van der Waals surface area (Å²) in [5.74, 6) is -1.05. The second-order valence-corrected chi connectivity index (χ2v) is 6.49. The molecule has 2 saturated heterocycles. The van der Waals surface area contributed by atoms with E-state index < -0.39 is 11.6 Å². The average Bonchev–Trinajstić information content (AvgIpc) is 2.36. The lowest BCUT2D eigenvalue weighted by molar-refractivity contribution is -0.125. The Hall–Kier alpha value is -1.29. The van der Waals surface area contributed by atoms with Crippen molar-refractivity contribution in [1.82, 2.24) is 4.90 Å². The van der Waals surface area contributed by atoms with Gasteiger partial charge in [0.05, 0.1) is 0 Å². The van der Waals surface area contributed by atoms with Crippen molar-refractivity contribution in [2.45, 2.75) is 50.6 Å². The molecule has 2 fully saturated rings. The maximum atomic E-state index is 13.2. The van der Waals surface area contributed by atoms with E-state index in [2.05, 4.69) is 11.9 Å². The van der Waals surface area contributed by atoms with Crippen LogP contribution in [0.3, 0.4) is 0 Å². The SMILES string of the molecule is CN1C2CCCC1CC(C(=O)Cc1cc(F)cc(F)c1)C2. The molecule has 0 spiro atoms. The van der Waals surface area contributed by atoms with E-state index in [0.29, 0.717) is 17.6 Å². The number of ketones is 1. The van der Waals surface area contributed by atoms with Gasteiger partial charge in [-0.25, -0.2) is 8.78 Å². The summed E-state index contributed by atoms with van der Waals surface area (Å²) in [6.07, 6.45) is 5.49. The van der Waals surface area contributed by atoms with Crippen molar-refractivity contribution in [1.29, 1.82) is 0 Å². The number of carbonyl (C=O) groups excluding carboxylic acids is 1. The summed E-state index contributed by atoms with van der Waals surface area (Å²) < 4.78 is 26.4. The molecule has 4 heteroatoms. The molecule has 0 saturated carbocycles. The Morgan fingerprint density at radius 2 is 1.71 bits per heavy atom. The van der Waals surface area contributed by atoms with Crippen LogP contribution in [0.15, 0.2) is 18.2 Å². The molecule has 0 aliphatic carbocycles. The molecule has 0 aromatic heterocycles. The minimum Gasteiger partial charge on any atom is -0.300 e. The third-order valence-corrected chi connectivity index (χ3v) is 5.10. The molecule has 1 aromatic rings. The summed E-state index contributed by atoms with van der Waals surface area (Å²) in [7, 11) is 2.15. The van der Waals surface area contributed by atoms with E-state index in [1.165, 1.54) is 18.6 Å². The van der Waals surface area contributed by atoms with Gasteiger partial charge in [0.25, 0.3) is 0 Å². The van der Waals surface area contributed by atoms with Crippen molar-refractivity contribution >= 4 is 5.78 Å². The third-order valence-electron chi connectivity index (χ3n) is 5.10. The highest BCUT2D eigenvalue weighted by molar-refractivity contribution is 5.83. The lowest BCUT2D eigenvalue weighted by Gasteiger charge is -2.46. The minimum atomic E-state index is -0.613. The molecule has 2 aliphatic rings. The molecule has 0 amide bonds. The van der Waals surface area contributed by atoms with Gasteiger partial charge < -0.3 is 4.90 Å². The molecule has 2 nitrogen and oxygen atoms in total. The van der Waals surface area contributed by atoms with Gasteiger partial charge in [0.15, 0.2) is 0 Å². The molecular weight excluding hydrogens is 272 g/mol. The van der Waals surface area contributed by atoms with Gasteiger partial charge in [-0.05, 0) is 50.4 Å². The molecule has 2 heterocycles. The van der Waals surface area contributed by atoms with E-state index in [-0.39, 0.29) is 18.1 Å². The van der Waals surface area contributed by atoms with Gasteiger partial charge in [-0.1, -0.05) is 6.42 Å².